The number of hydrogen-bond donors (Lipinski definition) is 1. The van der Waals surface area contributed by atoms with E-state index in [1.54, 1.807) is 0 Å². The van der Waals surface area contributed by atoms with E-state index in [2.05, 4.69) is 48.9 Å². The fourth-order valence-corrected chi connectivity index (χ4v) is 3.30. The Morgan fingerprint density at radius 2 is 2.14 bits per heavy atom. The van der Waals surface area contributed by atoms with Crippen molar-refractivity contribution < 1.29 is 4.74 Å². The van der Waals surface area contributed by atoms with Crippen molar-refractivity contribution in [2.45, 2.75) is 64.3 Å². The number of hydrogen-bond acceptors (Lipinski definition) is 2. The monoisotopic (exact) mass is 286 g/mol. The van der Waals surface area contributed by atoms with Gasteiger partial charge in [-0.15, -0.1) is 0 Å². The van der Waals surface area contributed by atoms with Crippen LogP contribution in [0.5, 0.6) is 0 Å². The molecule has 1 aliphatic heterocycles. The van der Waals surface area contributed by atoms with Crippen LogP contribution in [0.25, 0.3) is 10.9 Å². The van der Waals surface area contributed by atoms with Crippen molar-refractivity contribution in [3.8, 4) is 0 Å². The molecule has 1 saturated heterocycles. The van der Waals surface area contributed by atoms with Gasteiger partial charge in [-0.1, -0.05) is 25.1 Å². The Hall–Kier alpha value is -1.32. The van der Waals surface area contributed by atoms with Gasteiger partial charge >= 0.3 is 0 Å². The standard InChI is InChI=1S/C18H26N2O/c1-3-15(19)10-14-11-20(12-16-9-8-13(2)21-16)18-7-5-4-6-17(14)18/h4-7,11,13,15-16H,3,8-10,12,19H2,1-2H3. The molecule has 3 atom stereocenters. The van der Waals surface area contributed by atoms with Gasteiger partial charge in [0.2, 0.25) is 0 Å². The number of benzene rings is 1. The molecule has 3 nitrogen and oxygen atoms in total. The van der Waals surface area contributed by atoms with E-state index < -0.39 is 0 Å². The third kappa shape index (κ3) is 3.14. The maximum Gasteiger partial charge on any atom is 0.0758 e. The van der Waals surface area contributed by atoms with Gasteiger partial charge in [0.05, 0.1) is 12.2 Å². The smallest absolute Gasteiger partial charge is 0.0758 e. The van der Waals surface area contributed by atoms with Gasteiger partial charge in [0.25, 0.3) is 0 Å². The average Bonchev–Trinajstić information content (AvgIpc) is 3.04. The molecule has 2 heterocycles. The van der Waals surface area contributed by atoms with Gasteiger partial charge < -0.3 is 15.0 Å². The van der Waals surface area contributed by atoms with Crippen LogP contribution in [0.2, 0.25) is 0 Å². The van der Waals surface area contributed by atoms with E-state index in [-0.39, 0.29) is 6.04 Å². The van der Waals surface area contributed by atoms with E-state index in [0.29, 0.717) is 12.2 Å². The van der Waals surface area contributed by atoms with E-state index >= 15 is 0 Å². The molecule has 3 rings (SSSR count). The number of para-hydroxylation sites is 1. The maximum atomic E-state index is 6.15. The summed E-state index contributed by atoms with van der Waals surface area (Å²) in [5.41, 5.74) is 8.82. The molecule has 1 aromatic carbocycles. The van der Waals surface area contributed by atoms with Crippen molar-refractivity contribution in [3.63, 3.8) is 0 Å². The zero-order valence-corrected chi connectivity index (χ0v) is 13.1. The minimum absolute atomic E-state index is 0.243. The van der Waals surface area contributed by atoms with E-state index in [4.69, 9.17) is 10.5 Å². The molecule has 0 saturated carbocycles. The van der Waals surface area contributed by atoms with Gasteiger partial charge in [-0.3, -0.25) is 0 Å². The minimum atomic E-state index is 0.243. The predicted octanol–water partition coefficient (Wildman–Crippen LogP) is 3.49. The van der Waals surface area contributed by atoms with Crippen molar-refractivity contribution in [2.75, 3.05) is 0 Å². The SMILES string of the molecule is CCC(N)Cc1cn(CC2CCC(C)O2)c2ccccc12. The molecule has 1 aromatic heterocycles. The Balaban J connectivity index is 1.87. The third-order valence-electron chi connectivity index (χ3n) is 4.60. The molecule has 2 aromatic rings. The fraction of sp³-hybridized carbons (Fsp3) is 0.556. The van der Waals surface area contributed by atoms with Crippen molar-refractivity contribution in [1.82, 2.24) is 4.57 Å². The second-order valence-electron chi connectivity index (χ2n) is 6.34. The summed E-state index contributed by atoms with van der Waals surface area (Å²) in [5.74, 6) is 0. The van der Waals surface area contributed by atoms with Crippen molar-refractivity contribution in [2.24, 2.45) is 5.73 Å². The van der Waals surface area contributed by atoms with Gasteiger partial charge in [-0.25, -0.2) is 0 Å². The summed E-state index contributed by atoms with van der Waals surface area (Å²) in [6, 6.07) is 8.88. The topological polar surface area (TPSA) is 40.2 Å². The number of ether oxygens (including phenoxy) is 1. The first kappa shape index (κ1) is 14.6. The summed E-state index contributed by atoms with van der Waals surface area (Å²) in [6.07, 6.45) is 7.35. The van der Waals surface area contributed by atoms with Crippen LogP contribution in [0.3, 0.4) is 0 Å². The summed E-state index contributed by atoms with van der Waals surface area (Å²) in [4.78, 5) is 0. The first-order valence-corrected chi connectivity index (χ1v) is 8.15. The van der Waals surface area contributed by atoms with Crippen LogP contribution in [0.4, 0.5) is 0 Å². The highest BCUT2D eigenvalue weighted by Gasteiger charge is 2.23. The summed E-state index contributed by atoms with van der Waals surface area (Å²) in [7, 11) is 0. The van der Waals surface area contributed by atoms with Crippen LogP contribution < -0.4 is 5.73 Å². The van der Waals surface area contributed by atoms with Gasteiger partial charge in [-0.05, 0) is 44.2 Å². The third-order valence-corrected chi connectivity index (χ3v) is 4.60. The molecular weight excluding hydrogens is 260 g/mol. The van der Waals surface area contributed by atoms with Gasteiger partial charge in [-0.2, -0.15) is 0 Å². The lowest BCUT2D eigenvalue weighted by atomic mass is 10.0. The molecule has 0 bridgehead atoms. The first-order chi connectivity index (χ1) is 10.2. The Morgan fingerprint density at radius 3 is 2.86 bits per heavy atom. The minimum Gasteiger partial charge on any atom is -0.373 e. The Bertz CT molecular complexity index is 604. The largest absolute Gasteiger partial charge is 0.373 e. The molecule has 0 spiro atoms. The van der Waals surface area contributed by atoms with Gasteiger partial charge in [0.15, 0.2) is 0 Å². The molecule has 1 fully saturated rings. The van der Waals surface area contributed by atoms with E-state index in [1.165, 1.54) is 22.9 Å². The van der Waals surface area contributed by atoms with Crippen molar-refractivity contribution in [3.05, 3.63) is 36.0 Å². The number of aromatic nitrogens is 1. The first-order valence-electron chi connectivity index (χ1n) is 8.15. The highest BCUT2D eigenvalue weighted by Crippen LogP contribution is 2.26. The van der Waals surface area contributed by atoms with E-state index in [0.717, 1.165) is 25.8 Å². The Kier molecular flexibility index (Phi) is 4.32. The average molecular weight is 286 g/mol. The molecule has 21 heavy (non-hydrogen) atoms. The summed E-state index contributed by atoms with van der Waals surface area (Å²) >= 11 is 0. The number of nitrogens with zero attached hydrogens (tertiary/aromatic N) is 1. The summed E-state index contributed by atoms with van der Waals surface area (Å²) in [5, 5.41) is 1.34. The zero-order valence-electron chi connectivity index (χ0n) is 13.1. The van der Waals surface area contributed by atoms with Crippen LogP contribution in [0.15, 0.2) is 30.5 Å². The van der Waals surface area contributed by atoms with Crippen LogP contribution in [-0.4, -0.2) is 22.8 Å². The molecule has 0 amide bonds. The van der Waals surface area contributed by atoms with E-state index in [9.17, 15) is 0 Å². The molecule has 2 N–H and O–H groups in total. The molecule has 3 heteroatoms. The normalized spacial score (nSPS) is 23.8. The van der Waals surface area contributed by atoms with Gasteiger partial charge in [0, 0.05) is 29.7 Å². The highest BCUT2D eigenvalue weighted by atomic mass is 16.5. The lowest BCUT2D eigenvalue weighted by Gasteiger charge is -2.13. The lowest BCUT2D eigenvalue weighted by molar-refractivity contribution is 0.0465. The number of fused-ring (bicyclic) bond motifs is 1. The second kappa shape index (κ2) is 6.20. The van der Waals surface area contributed by atoms with Crippen LogP contribution in [0.1, 0.15) is 38.7 Å². The molecule has 0 radical (unpaired) electrons. The van der Waals surface area contributed by atoms with Gasteiger partial charge in [0.1, 0.15) is 0 Å². The Labute approximate surface area is 127 Å². The zero-order chi connectivity index (χ0) is 14.8. The van der Waals surface area contributed by atoms with Crippen molar-refractivity contribution in [1.29, 1.82) is 0 Å². The number of nitrogens with two attached hydrogens (primary N) is 1. The fourth-order valence-electron chi connectivity index (χ4n) is 3.30. The lowest BCUT2D eigenvalue weighted by Crippen LogP contribution is -2.21. The summed E-state index contributed by atoms with van der Waals surface area (Å²) in [6.45, 7) is 5.27. The quantitative estimate of drug-likeness (QED) is 0.914. The highest BCUT2D eigenvalue weighted by molar-refractivity contribution is 5.84. The molecular formula is C18H26N2O. The van der Waals surface area contributed by atoms with Crippen LogP contribution in [0, 0.1) is 0 Å². The van der Waals surface area contributed by atoms with E-state index in [1.807, 2.05) is 0 Å². The molecule has 3 unspecified atom stereocenters. The molecule has 0 aliphatic carbocycles. The van der Waals surface area contributed by atoms with Crippen LogP contribution in [-0.2, 0) is 17.7 Å². The Morgan fingerprint density at radius 1 is 1.33 bits per heavy atom. The summed E-state index contributed by atoms with van der Waals surface area (Å²) < 4.78 is 8.34. The second-order valence-corrected chi connectivity index (χ2v) is 6.34. The predicted molar refractivity (Wildman–Crippen MR) is 87.5 cm³/mol. The maximum absolute atomic E-state index is 6.15. The van der Waals surface area contributed by atoms with Crippen LogP contribution >= 0.6 is 0 Å². The number of rotatable bonds is 5. The molecule has 114 valence electrons. The molecule has 1 aliphatic rings. The van der Waals surface area contributed by atoms with Crippen molar-refractivity contribution >= 4 is 10.9 Å².